The van der Waals surface area contributed by atoms with Crippen LogP contribution >= 0.6 is 0 Å². The molecule has 3 nitrogen and oxygen atoms in total. The third kappa shape index (κ3) is 4.05. The molecule has 1 aliphatic carbocycles. The minimum Gasteiger partial charge on any atom is -0.324 e. The summed E-state index contributed by atoms with van der Waals surface area (Å²) in [6.45, 7) is 7.40. The molecule has 2 N–H and O–H groups in total. The highest BCUT2D eigenvalue weighted by molar-refractivity contribution is 5.18. The van der Waals surface area contributed by atoms with E-state index in [-0.39, 0.29) is 6.04 Å². The zero-order chi connectivity index (χ0) is 13.8. The van der Waals surface area contributed by atoms with Crippen LogP contribution in [-0.4, -0.2) is 49.1 Å². The van der Waals surface area contributed by atoms with Crippen molar-refractivity contribution in [2.24, 2.45) is 11.7 Å². The predicted octanol–water partition coefficient (Wildman–Crippen LogP) is 2.10. The zero-order valence-corrected chi connectivity index (χ0v) is 12.4. The van der Waals surface area contributed by atoms with Crippen LogP contribution in [0.2, 0.25) is 0 Å². The molecule has 1 saturated heterocycles. The first kappa shape index (κ1) is 14.1. The fourth-order valence-corrected chi connectivity index (χ4v) is 3.05. The smallest absolute Gasteiger partial charge is 0.0307 e. The van der Waals surface area contributed by atoms with Crippen molar-refractivity contribution in [3.8, 4) is 0 Å². The number of rotatable bonds is 6. The predicted molar refractivity (Wildman–Crippen MR) is 83.6 cm³/mol. The molecule has 3 heteroatoms. The Hall–Kier alpha value is -0.900. The summed E-state index contributed by atoms with van der Waals surface area (Å²) in [6.07, 6.45) is 3.99. The molecule has 3 rings (SSSR count). The SMILES string of the molecule is NC(CCN1CCN(CC2CC2)CC1)c1ccccc1. The molecule has 20 heavy (non-hydrogen) atoms. The van der Waals surface area contributed by atoms with E-state index in [2.05, 4.69) is 40.1 Å². The minimum absolute atomic E-state index is 0.181. The molecule has 0 bridgehead atoms. The number of hydrogen-bond acceptors (Lipinski definition) is 3. The summed E-state index contributed by atoms with van der Waals surface area (Å²) in [5, 5.41) is 0. The number of nitrogens with zero attached hydrogens (tertiary/aromatic N) is 2. The maximum Gasteiger partial charge on any atom is 0.0307 e. The summed E-state index contributed by atoms with van der Waals surface area (Å²) < 4.78 is 0. The van der Waals surface area contributed by atoms with Gasteiger partial charge in [0.15, 0.2) is 0 Å². The third-order valence-corrected chi connectivity index (χ3v) is 4.66. The van der Waals surface area contributed by atoms with Crippen molar-refractivity contribution in [1.82, 2.24) is 9.80 Å². The normalized spacial score (nSPS) is 22.9. The lowest BCUT2D eigenvalue weighted by Crippen LogP contribution is -2.47. The van der Waals surface area contributed by atoms with Crippen LogP contribution in [0.15, 0.2) is 30.3 Å². The van der Waals surface area contributed by atoms with Crippen LogP contribution in [0.25, 0.3) is 0 Å². The van der Waals surface area contributed by atoms with Crippen molar-refractivity contribution < 1.29 is 0 Å². The topological polar surface area (TPSA) is 32.5 Å². The fraction of sp³-hybridized carbons (Fsp3) is 0.647. The van der Waals surface area contributed by atoms with Crippen molar-refractivity contribution in [2.45, 2.75) is 25.3 Å². The van der Waals surface area contributed by atoms with Crippen LogP contribution in [0.1, 0.15) is 30.9 Å². The van der Waals surface area contributed by atoms with Gasteiger partial charge >= 0.3 is 0 Å². The summed E-state index contributed by atoms with van der Waals surface area (Å²) >= 11 is 0. The molecule has 1 atom stereocenters. The van der Waals surface area contributed by atoms with Crippen LogP contribution in [0, 0.1) is 5.92 Å². The van der Waals surface area contributed by atoms with Crippen LogP contribution in [0.3, 0.4) is 0 Å². The number of hydrogen-bond donors (Lipinski definition) is 1. The molecule has 2 aliphatic rings. The Balaban J connectivity index is 1.37. The van der Waals surface area contributed by atoms with Crippen molar-refractivity contribution in [3.63, 3.8) is 0 Å². The average molecular weight is 273 g/mol. The van der Waals surface area contributed by atoms with Crippen molar-refractivity contribution in [1.29, 1.82) is 0 Å². The molecule has 0 spiro atoms. The van der Waals surface area contributed by atoms with Gasteiger partial charge in [-0.05, 0) is 30.7 Å². The van der Waals surface area contributed by atoms with Crippen LogP contribution in [-0.2, 0) is 0 Å². The van der Waals surface area contributed by atoms with Gasteiger partial charge in [0.25, 0.3) is 0 Å². The fourth-order valence-electron chi connectivity index (χ4n) is 3.05. The molecule has 1 aromatic carbocycles. The monoisotopic (exact) mass is 273 g/mol. The lowest BCUT2D eigenvalue weighted by Gasteiger charge is -2.35. The zero-order valence-electron chi connectivity index (χ0n) is 12.4. The molecule has 0 aromatic heterocycles. The highest BCUT2D eigenvalue weighted by Crippen LogP contribution is 2.29. The van der Waals surface area contributed by atoms with E-state index in [0.29, 0.717) is 0 Å². The van der Waals surface area contributed by atoms with Gasteiger partial charge < -0.3 is 15.5 Å². The molecule has 1 unspecified atom stereocenters. The quantitative estimate of drug-likeness (QED) is 0.861. The van der Waals surface area contributed by atoms with Crippen LogP contribution in [0.4, 0.5) is 0 Å². The Kier molecular flexibility index (Phi) is 4.71. The summed E-state index contributed by atoms with van der Waals surface area (Å²) in [4.78, 5) is 5.22. The van der Waals surface area contributed by atoms with Crippen molar-refractivity contribution >= 4 is 0 Å². The Morgan fingerprint density at radius 3 is 2.30 bits per heavy atom. The van der Waals surface area contributed by atoms with E-state index in [1.807, 2.05) is 0 Å². The number of benzene rings is 1. The van der Waals surface area contributed by atoms with Gasteiger partial charge in [0.2, 0.25) is 0 Å². The van der Waals surface area contributed by atoms with Crippen LogP contribution < -0.4 is 5.73 Å². The van der Waals surface area contributed by atoms with Gasteiger partial charge in [0.1, 0.15) is 0 Å². The molecule has 1 aromatic rings. The highest BCUT2D eigenvalue weighted by Gasteiger charge is 2.26. The first-order valence-electron chi connectivity index (χ1n) is 8.06. The lowest BCUT2D eigenvalue weighted by molar-refractivity contribution is 0.126. The standard InChI is InChI=1S/C17H27N3/c18-17(16-4-2-1-3-5-16)8-9-19-10-12-20(13-11-19)14-15-6-7-15/h1-5,15,17H,6-14,18H2. The molecule has 1 saturated carbocycles. The van der Waals surface area contributed by atoms with Gasteiger partial charge in [-0.2, -0.15) is 0 Å². The van der Waals surface area contributed by atoms with E-state index in [1.165, 1.54) is 51.1 Å². The van der Waals surface area contributed by atoms with E-state index in [9.17, 15) is 0 Å². The third-order valence-electron chi connectivity index (χ3n) is 4.66. The maximum atomic E-state index is 6.28. The number of nitrogens with two attached hydrogens (primary N) is 1. The molecule has 1 aliphatic heterocycles. The van der Waals surface area contributed by atoms with Gasteiger partial charge in [-0.1, -0.05) is 30.3 Å². The molecule has 110 valence electrons. The van der Waals surface area contributed by atoms with Gasteiger partial charge in [-0.25, -0.2) is 0 Å². The van der Waals surface area contributed by atoms with E-state index < -0.39 is 0 Å². The molecular weight excluding hydrogens is 246 g/mol. The second-order valence-electron chi connectivity index (χ2n) is 6.39. The summed E-state index contributed by atoms with van der Waals surface area (Å²) in [5.41, 5.74) is 7.54. The van der Waals surface area contributed by atoms with Crippen LogP contribution in [0.5, 0.6) is 0 Å². The molecular formula is C17H27N3. The summed E-state index contributed by atoms with van der Waals surface area (Å²) in [7, 11) is 0. The van der Waals surface area contributed by atoms with E-state index in [0.717, 1.165) is 18.9 Å². The molecule has 2 fully saturated rings. The largest absolute Gasteiger partial charge is 0.324 e. The second-order valence-corrected chi connectivity index (χ2v) is 6.39. The summed E-state index contributed by atoms with van der Waals surface area (Å²) in [6, 6.07) is 10.7. The minimum atomic E-state index is 0.181. The highest BCUT2D eigenvalue weighted by atomic mass is 15.3. The Morgan fingerprint density at radius 1 is 1.00 bits per heavy atom. The first-order chi connectivity index (χ1) is 9.81. The van der Waals surface area contributed by atoms with Crippen molar-refractivity contribution in [3.05, 3.63) is 35.9 Å². The van der Waals surface area contributed by atoms with E-state index in [4.69, 9.17) is 5.73 Å². The maximum absolute atomic E-state index is 6.28. The molecule has 1 heterocycles. The van der Waals surface area contributed by atoms with Crippen molar-refractivity contribution in [2.75, 3.05) is 39.3 Å². The first-order valence-corrected chi connectivity index (χ1v) is 8.06. The second kappa shape index (κ2) is 6.70. The lowest BCUT2D eigenvalue weighted by atomic mass is 10.0. The Labute approximate surface area is 122 Å². The van der Waals surface area contributed by atoms with E-state index >= 15 is 0 Å². The van der Waals surface area contributed by atoms with Gasteiger partial charge in [0, 0.05) is 45.3 Å². The number of piperazine rings is 1. The Bertz CT molecular complexity index is 394. The van der Waals surface area contributed by atoms with Gasteiger partial charge in [-0.15, -0.1) is 0 Å². The average Bonchev–Trinajstić information content (AvgIpc) is 3.31. The summed E-state index contributed by atoms with van der Waals surface area (Å²) in [5.74, 6) is 1.02. The molecule has 0 radical (unpaired) electrons. The van der Waals surface area contributed by atoms with Gasteiger partial charge in [-0.3, -0.25) is 0 Å². The van der Waals surface area contributed by atoms with Gasteiger partial charge in [0.05, 0.1) is 0 Å². The molecule has 0 amide bonds. The Morgan fingerprint density at radius 2 is 1.65 bits per heavy atom. The van der Waals surface area contributed by atoms with E-state index in [1.54, 1.807) is 0 Å².